The lowest BCUT2D eigenvalue weighted by atomic mass is 9.97. The van der Waals surface area contributed by atoms with Crippen molar-refractivity contribution in [1.29, 1.82) is 0 Å². The maximum absolute atomic E-state index is 15.2. The molecule has 0 spiro atoms. The van der Waals surface area contributed by atoms with Crippen LogP contribution in [0.3, 0.4) is 0 Å². The number of hydrogen-bond acceptors (Lipinski definition) is 14. The van der Waals surface area contributed by atoms with Gasteiger partial charge in [-0.15, -0.1) is 0 Å². The summed E-state index contributed by atoms with van der Waals surface area (Å²) in [5.41, 5.74) is 3.84. The zero-order valence-corrected chi connectivity index (χ0v) is 37.9. The molecule has 16 nitrogen and oxygen atoms in total. The van der Waals surface area contributed by atoms with Gasteiger partial charge >= 0.3 is 23.9 Å². The highest BCUT2D eigenvalue weighted by Crippen LogP contribution is 2.38. The molecule has 0 amide bonds. The van der Waals surface area contributed by atoms with Gasteiger partial charge in [-0.1, -0.05) is 23.7 Å². The fourth-order valence-electron chi connectivity index (χ4n) is 6.41. The second-order valence-electron chi connectivity index (χ2n) is 16.9. The SMILES string of the molecule is COC(=O)C1=Cc2c(ccc(O)c2F)C1.COC(=O)C1=Cc2c(ccc(Oc3ncnn4cc(OC(=O)C(C)(C)C)c(C)c34)c2F)C1.Cc1c(OC(=O)C(C)(C)C)cn2ncnc(Cl)c12. The summed E-state index contributed by atoms with van der Waals surface area (Å²) in [6.45, 7) is 14.2. The second kappa shape index (κ2) is 18.5. The Morgan fingerprint density at radius 2 is 1.14 bits per heavy atom. The number of benzene rings is 2. The van der Waals surface area contributed by atoms with Crippen molar-refractivity contribution in [1.82, 2.24) is 29.2 Å². The van der Waals surface area contributed by atoms with Crippen molar-refractivity contribution in [2.24, 2.45) is 10.8 Å². The number of nitrogens with zero attached hydrogens (tertiary/aromatic N) is 6. The topological polar surface area (TPSA) is 195 Å². The predicted octanol–water partition coefficient (Wildman–Crippen LogP) is 8.32. The van der Waals surface area contributed by atoms with E-state index >= 15 is 4.39 Å². The van der Waals surface area contributed by atoms with Gasteiger partial charge in [0.05, 0.1) is 37.4 Å². The summed E-state index contributed by atoms with van der Waals surface area (Å²) in [4.78, 5) is 55.2. The standard InChI is InChI=1S/C23H22FN3O5.C12H14ClN3O2.C11H9FO3/c1-12-17(32-22(29)23(2,3)4)10-27-19(12)20(25-11-26-27)31-16-7-6-13-8-14(21(28)30-5)9-15(13)18(16)24;1-7-8(18-11(17)12(2,3)4)5-16-9(7)10(13)14-6-15-16;1-15-11(14)7-4-6-2-3-9(13)10(12)8(6)5-7/h6-7,9-11H,8H2,1-5H3;5-6H,1-4H3;2-3,5,13H,4H2,1H3. The molecular formula is C46H45ClF2N6O10. The number of esters is 4. The van der Waals surface area contributed by atoms with E-state index in [1.54, 1.807) is 77.5 Å². The Morgan fingerprint density at radius 1 is 0.677 bits per heavy atom. The van der Waals surface area contributed by atoms with Crippen LogP contribution in [0.4, 0.5) is 8.78 Å². The van der Waals surface area contributed by atoms with Gasteiger partial charge in [-0.3, -0.25) is 9.59 Å². The molecule has 2 aliphatic rings. The molecule has 0 aliphatic heterocycles. The maximum Gasteiger partial charge on any atom is 0.334 e. The Kier molecular flexibility index (Phi) is 13.4. The first kappa shape index (κ1) is 47.3. The third kappa shape index (κ3) is 9.97. The number of carbonyl (C=O) groups excluding carboxylic acids is 4. The fraction of sp³-hybridized carbons (Fsp3) is 0.304. The van der Waals surface area contributed by atoms with Crippen LogP contribution < -0.4 is 14.2 Å². The van der Waals surface area contributed by atoms with Crippen LogP contribution in [0.15, 0.2) is 60.5 Å². The largest absolute Gasteiger partial charge is 0.505 e. The molecule has 65 heavy (non-hydrogen) atoms. The van der Waals surface area contributed by atoms with Crippen LogP contribution in [0, 0.1) is 36.3 Å². The van der Waals surface area contributed by atoms with Crippen LogP contribution in [0.25, 0.3) is 23.2 Å². The minimum Gasteiger partial charge on any atom is -0.505 e. The van der Waals surface area contributed by atoms with Crippen LogP contribution >= 0.6 is 11.6 Å². The number of aryl methyl sites for hydroxylation is 2. The maximum atomic E-state index is 15.2. The van der Waals surface area contributed by atoms with Gasteiger partial charge < -0.3 is 28.8 Å². The van der Waals surface area contributed by atoms with Gasteiger partial charge in [-0.25, -0.2) is 32.4 Å². The summed E-state index contributed by atoms with van der Waals surface area (Å²) in [6.07, 6.45) is 9.30. The number of halogens is 3. The van der Waals surface area contributed by atoms with Crippen molar-refractivity contribution >= 4 is 58.7 Å². The number of methoxy groups -OCH3 is 2. The van der Waals surface area contributed by atoms with Crippen LogP contribution in [0.2, 0.25) is 5.15 Å². The van der Waals surface area contributed by atoms with E-state index in [0.717, 1.165) is 5.56 Å². The Bertz CT molecular complexity index is 2960. The molecule has 19 heteroatoms. The highest BCUT2D eigenvalue weighted by atomic mass is 35.5. The molecule has 4 aromatic heterocycles. The number of ether oxygens (including phenoxy) is 5. The number of hydrogen-bond donors (Lipinski definition) is 1. The number of fused-ring (bicyclic) bond motifs is 4. The summed E-state index contributed by atoms with van der Waals surface area (Å²) in [5, 5.41) is 17.6. The van der Waals surface area contributed by atoms with Gasteiger partial charge in [0.25, 0.3) is 0 Å². The Balaban J connectivity index is 0.000000178. The number of aromatic nitrogens is 6. The minimum atomic E-state index is -0.689. The van der Waals surface area contributed by atoms with E-state index < -0.39 is 46.1 Å². The quantitative estimate of drug-likeness (QED) is 0.157. The molecule has 0 bridgehead atoms. The van der Waals surface area contributed by atoms with E-state index in [9.17, 15) is 23.6 Å². The molecule has 0 fully saturated rings. The van der Waals surface area contributed by atoms with Crippen molar-refractivity contribution < 1.29 is 56.7 Å². The zero-order valence-electron chi connectivity index (χ0n) is 37.1. The lowest BCUT2D eigenvalue weighted by Gasteiger charge is -2.15. The van der Waals surface area contributed by atoms with Crippen molar-refractivity contribution in [2.75, 3.05) is 14.2 Å². The van der Waals surface area contributed by atoms with Gasteiger partial charge in [0.2, 0.25) is 5.88 Å². The van der Waals surface area contributed by atoms with Gasteiger partial charge in [0.1, 0.15) is 23.7 Å². The molecule has 0 unspecified atom stereocenters. The predicted molar refractivity (Wildman–Crippen MR) is 233 cm³/mol. The average molecular weight is 915 g/mol. The van der Waals surface area contributed by atoms with Crippen molar-refractivity contribution in [3.8, 4) is 28.9 Å². The van der Waals surface area contributed by atoms with E-state index in [0.29, 0.717) is 61.9 Å². The molecule has 0 saturated heterocycles. The van der Waals surface area contributed by atoms with Crippen LogP contribution in [0.5, 0.6) is 28.9 Å². The van der Waals surface area contributed by atoms with Crippen LogP contribution in [0.1, 0.15) is 74.9 Å². The molecule has 0 atom stereocenters. The van der Waals surface area contributed by atoms with Crippen LogP contribution in [-0.4, -0.2) is 72.4 Å². The third-order valence-electron chi connectivity index (χ3n) is 10.1. The smallest absolute Gasteiger partial charge is 0.334 e. The zero-order chi connectivity index (χ0) is 47.7. The first-order valence-corrected chi connectivity index (χ1v) is 20.2. The molecule has 0 radical (unpaired) electrons. The molecule has 4 heterocycles. The first-order chi connectivity index (χ1) is 30.5. The lowest BCUT2D eigenvalue weighted by molar-refractivity contribution is -0.143. The van der Waals surface area contributed by atoms with Crippen molar-refractivity contribution in [3.05, 3.63) is 111 Å². The third-order valence-corrected chi connectivity index (χ3v) is 10.4. The molecule has 8 rings (SSSR count). The summed E-state index contributed by atoms with van der Waals surface area (Å²) in [5.74, 6) is -2.55. The van der Waals surface area contributed by atoms with E-state index in [2.05, 4.69) is 24.9 Å². The summed E-state index contributed by atoms with van der Waals surface area (Å²) < 4.78 is 57.5. The van der Waals surface area contributed by atoms with Crippen molar-refractivity contribution in [2.45, 2.75) is 68.2 Å². The number of phenolic OH excluding ortho intramolecular Hbond substituents is 1. The highest BCUT2D eigenvalue weighted by molar-refractivity contribution is 6.32. The lowest BCUT2D eigenvalue weighted by Crippen LogP contribution is -2.25. The van der Waals surface area contributed by atoms with Crippen LogP contribution in [-0.2, 0) is 41.5 Å². The van der Waals surface area contributed by atoms with Crippen molar-refractivity contribution in [3.63, 3.8) is 0 Å². The van der Waals surface area contributed by atoms with E-state index in [4.69, 9.17) is 35.7 Å². The number of aromatic hydroxyl groups is 1. The first-order valence-electron chi connectivity index (χ1n) is 19.9. The van der Waals surface area contributed by atoms with E-state index in [1.807, 2.05) is 6.92 Å². The number of rotatable bonds is 6. The summed E-state index contributed by atoms with van der Waals surface area (Å²) >= 11 is 5.99. The van der Waals surface area contributed by atoms with Gasteiger partial charge in [-0.2, -0.15) is 15.2 Å². The van der Waals surface area contributed by atoms with E-state index in [-0.39, 0.29) is 35.1 Å². The number of phenols is 1. The molecule has 2 aromatic carbocycles. The highest BCUT2D eigenvalue weighted by Gasteiger charge is 2.29. The molecule has 2 aliphatic carbocycles. The summed E-state index contributed by atoms with van der Waals surface area (Å²) in [7, 11) is 2.56. The molecule has 340 valence electrons. The molecule has 0 saturated carbocycles. The normalized spacial score (nSPS) is 12.8. The molecular weight excluding hydrogens is 870 g/mol. The molecule has 6 aromatic rings. The Labute approximate surface area is 376 Å². The number of carbonyl (C=O) groups is 4. The Hall–Kier alpha value is -7.21. The van der Waals surface area contributed by atoms with Gasteiger partial charge in [0, 0.05) is 46.2 Å². The van der Waals surface area contributed by atoms with E-state index in [1.165, 1.54) is 55.7 Å². The van der Waals surface area contributed by atoms with Gasteiger partial charge in [-0.05, 0) is 90.8 Å². The Morgan fingerprint density at radius 3 is 1.63 bits per heavy atom. The minimum absolute atomic E-state index is 0.0550. The fourth-order valence-corrected chi connectivity index (χ4v) is 6.68. The summed E-state index contributed by atoms with van der Waals surface area (Å²) in [6, 6.07) is 6.06. The van der Waals surface area contributed by atoms with Gasteiger partial charge in [0.15, 0.2) is 39.8 Å². The molecule has 1 N–H and O–H groups in total. The monoisotopic (exact) mass is 914 g/mol. The average Bonchev–Trinajstić information content (AvgIpc) is 4.04. The second-order valence-corrected chi connectivity index (χ2v) is 17.3.